The summed E-state index contributed by atoms with van der Waals surface area (Å²) in [6, 6.07) is 25.2. The third-order valence-electron chi connectivity index (χ3n) is 8.38. The van der Waals surface area contributed by atoms with Crippen LogP contribution in [-0.4, -0.2) is 85.5 Å². The van der Waals surface area contributed by atoms with Crippen molar-refractivity contribution >= 4 is 28.9 Å². The average Bonchev–Trinajstić information content (AvgIpc) is 3.10. The number of carbonyl (C=O) groups is 2. The van der Waals surface area contributed by atoms with Gasteiger partial charge in [0.1, 0.15) is 5.75 Å². The molecule has 47 heavy (non-hydrogen) atoms. The third kappa shape index (κ3) is 8.20. The van der Waals surface area contributed by atoms with Crippen molar-refractivity contribution in [2.24, 2.45) is 0 Å². The van der Waals surface area contributed by atoms with Gasteiger partial charge in [0.25, 0.3) is 5.91 Å². The fraction of sp³-hybridized carbons (Fsp3) is 0.286. The Balaban J connectivity index is 0.929. The average molecular weight is 645 g/mol. The number of halogens is 3. The lowest BCUT2D eigenvalue weighted by atomic mass is 10.1. The minimum absolute atomic E-state index is 0.0988. The van der Waals surface area contributed by atoms with Gasteiger partial charge in [-0.3, -0.25) is 14.5 Å². The zero-order chi connectivity index (χ0) is 32.8. The topological polar surface area (TPSA) is 81.2 Å². The summed E-state index contributed by atoms with van der Waals surface area (Å²) in [4.78, 5) is 38.5. The largest absolute Gasteiger partial charge is 0.439 e. The Bertz CT molecular complexity index is 1640. The minimum Gasteiger partial charge on any atom is -0.439 e. The maximum atomic E-state index is 13.0. The number of benzene rings is 3. The molecule has 0 saturated carbocycles. The highest BCUT2D eigenvalue weighted by molar-refractivity contribution is 6.04. The summed E-state index contributed by atoms with van der Waals surface area (Å²) in [5.41, 5.74) is 1.92. The molecule has 0 aliphatic carbocycles. The minimum atomic E-state index is -4.46. The van der Waals surface area contributed by atoms with Gasteiger partial charge < -0.3 is 24.8 Å². The summed E-state index contributed by atoms with van der Waals surface area (Å²) in [5.74, 6) is 0.565. The van der Waals surface area contributed by atoms with Crippen molar-refractivity contribution in [3.63, 3.8) is 0 Å². The van der Waals surface area contributed by atoms with Gasteiger partial charge in [-0.1, -0.05) is 18.2 Å². The number of nitrogens with one attached hydrogen (secondary N) is 1. The van der Waals surface area contributed by atoms with Crippen molar-refractivity contribution in [3.05, 3.63) is 108 Å². The van der Waals surface area contributed by atoms with E-state index in [1.54, 1.807) is 12.1 Å². The molecular weight excluding hydrogens is 609 g/mol. The number of para-hydroxylation sites is 1. The van der Waals surface area contributed by atoms with Crippen LogP contribution in [0, 0.1) is 0 Å². The van der Waals surface area contributed by atoms with Crippen LogP contribution in [0.2, 0.25) is 0 Å². The molecule has 0 atom stereocenters. The smallest absolute Gasteiger partial charge is 0.416 e. The second-order valence-corrected chi connectivity index (χ2v) is 11.5. The second-order valence-electron chi connectivity index (χ2n) is 11.5. The number of rotatable bonds is 8. The van der Waals surface area contributed by atoms with Gasteiger partial charge in [0.2, 0.25) is 11.8 Å². The number of hydrogen-bond donors (Lipinski definition) is 1. The van der Waals surface area contributed by atoms with E-state index in [1.807, 2.05) is 47.4 Å². The molecule has 3 aromatic carbocycles. The maximum absolute atomic E-state index is 13.0. The van der Waals surface area contributed by atoms with Crippen molar-refractivity contribution in [1.82, 2.24) is 14.8 Å². The van der Waals surface area contributed by atoms with Crippen LogP contribution in [0.3, 0.4) is 0 Å². The summed E-state index contributed by atoms with van der Waals surface area (Å²) in [5, 5.41) is 2.62. The van der Waals surface area contributed by atoms with Gasteiger partial charge in [0.05, 0.1) is 24.0 Å². The normalized spacial score (nSPS) is 15.8. The molecule has 9 nitrogen and oxygen atoms in total. The first-order valence-corrected chi connectivity index (χ1v) is 15.5. The summed E-state index contributed by atoms with van der Waals surface area (Å²) in [7, 11) is 0. The molecule has 0 radical (unpaired) electrons. The highest BCUT2D eigenvalue weighted by Gasteiger charge is 2.30. The first kappa shape index (κ1) is 31.9. The van der Waals surface area contributed by atoms with Crippen LogP contribution < -0.4 is 19.9 Å². The Kier molecular flexibility index (Phi) is 9.58. The molecule has 0 unspecified atom stereocenters. The Morgan fingerprint density at radius 2 is 1.34 bits per heavy atom. The van der Waals surface area contributed by atoms with Gasteiger partial charge >= 0.3 is 6.18 Å². The molecule has 3 heterocycles. The van der Waals surface area contributed by atoms with E-state index in [9.17, 15) is 22.8 Å². The van der Waals surface area contributed by atoms with E-state index >= 15 is 0 Å². The lowest BCUT2D eigenvalue weighted by Gasteiger charge is -2.39. The van der Waals surface area contributed by atoms with Gasteiger partial charge in [-0.2, -0.15) is 13.2 Å². The van der Waals surface area contributed by atoms with E-state index < -0.39 is 17.6 Å². The van der Waals surface area contributed by atoms with Gasteiger partial charge in [0, 0.05) is 75.4 Å². The predicted molar refractivity (Wildman–Crippen MR) is 174 cm³/mol. The third-order valence-corrected chi connectivity index (χ3v) is 8.38. The number of ether oxygens (including phenoxy) is 1. The summed E-state index contributed by atoms with van der Waals surface area (Å²) in [6.07, 6.45) is -3.05. The number of amides is 2. The second kappa shape index (κ2) is 14.1. The zero-order valence-electron chi connectivity index (χ0n) is 25.7. The molecule has 2 fully saturated rings. The van der Waals surface area contributed by atoms with Crippen LogP contribution >= 0.6 is 0 Å². The number of alkyl halides is 3. The zero-order valence-corrected chi connectivity index (χ0v) is 25.7. The highest BCUT2D eigenvalue weighted by atomic mass is 19.4. The van der Waals surface area contributed by atoms with Crippen molar-refractivity contribution in [1.29, 1.82) is 0 Å². The van der Waals surface area contributed by atoms with E-state index in [1.165, 1.54) is 11.9 Å². The predicted octanol–water partition coefficient (Wildman–Crippen LogP) is 5.62. The Labute approximate surface area is 271 Å². The number of carbonyl (C=O) groups excluding carboxylic acids is 2. The summed E-state index contributed by atoms with van der Waals surface area (Å²) in [6.45, 7) is 6.85. The Morgan fingerprint density at radius 1 is 0.723 bits per heavy atom. The molecule has 1 aromatic heterocycles. The van der Waals surface area contributed by atoms with Crippen LogP contribution in [-0.2, 0) is 11.0 Å². The molecule has 0 bridgehead atoms. The van der Waals surface area contributed by atoms with Gasteiger partial charge in [-0.25, -0.2) is 4.98 Å². The van der Waals surface area contributed by atoms with Crippen molar-refractivity contribution in [2.45, 2.75) is 6.18 Å². The number of hydrogen-bond acceptors (Lipinski definition) is 7. The van der Waals surface area contributed by atoms with Crippen LogP contribution in [0.15, 0.2) is 97.2 Å². The number of aromatic nitrogens is 1. The van der Waals surface area contributed by atoms with Crippen LogP contribution in [0.25, 0.3) is 0 Å². The standard InChI is InChI=1S/C35H35F3N6O3/c36-35(37,38)27-8-6-26(7-9-27)34(46)40-28-10-15-32(39-24-28)47-31-13-11-30(12-14-31)42-18-16-41(17-19-42)25-33(45)44-22-20-43(21-23-44)29-4-2-1-3-5-29/h1-15,24H,16-23,25H2,(H,40,46). The first-order valence-electron chi connectivity index (χ1n) is 15.5. The van der Waals surface area contributed by atoms with Crippen molar-refractivity contribution < 1.29 is 27.5 Å². The molecule has 12 heteroatoms. The fourth-order valence-electron chi connectivity index (χ4n) is 5.68. The van der Waals surface area contributed by atoms with Crippen molar-refractivity contribution in [2.75, 3.05) is 74.0 Å². The van der Waals surface area contributed by atoms with Gasteiger partial charge in [0.15, 0.2) is 0 Å². The van der Waals surface area contributed by atoms with E-state index in [4.69, 9.17) is 4.74 Å². The first-order chi connectivity index (χ1) is 22.7. The fourth-order valence-corrected chi connectivity index (χ4v) is 5.68. The molecule has 6 rings (SSSR count). The number of piperazine rings is 2. The molecule has 2 saturated heterocycles. The van der Waals surface area contributed by atoms with E-state index in [-0.39, 0.29) is 11.5 Å². The molecule has 0 spiro atoms. The number of pyridine rings is 1. The molecule has 1 N–H and O–H groups in total. The SMILES string of the molecule is O=C(Nc1ccc(Oc2ccc(N3CCN(CC(=O)N4CCN(c5ccccc5)CC4)CC3)cc2)nc1)c1ccc(C(F)(F)F)cc1. The molecule has 4 aromatic rings. The van der Waals surface area contributed by atoms with E-state index in [0.717, 1.165) is 82.3 Å². The molecular formula is C35H35F3N6O3. The number of anilines is 3. The maximum Gasteiger partial charge on any atom is 0.416 e. The lowest BCUT2D eigenvalue weighted by molar-refractivity contribution is -0.137. The summed E-state index contributed by atoms with van der Waals surface area (Å²) >= 11 is 0. The lowest BCUT2D eigenvalue weighted by Crippen LogP contribution is -2.54. The Morgan fingerprint density at radius 3 is 1.94 bits per heavy atom. The highest BCUT2D eigenvalue weighted by Crippen LogP contribution is 2.29. The van der Waals surface area contributed by atoms with Crippen LogP contribution in [0.5, 0.6) is 11.6 Å². The van der Waals surface area contributed by atoms with Crippen LogP contribution in [0.1, 0.15) is 15.9 Å². The molecule has 2 aliphatic heterocycles. The molecule has 2 amide bonds. The van der Waals surface area contributed by atoms with Crippen LogP contribution in [0.4, 0.5) is 30.2 Å². The molecule has 244 valence electrons. The van der Waals surface area contributed by atoms with Gasteiger partial charge in [-0.05, 0) is 66.7 Å². The van der Waals surface area contributed by atoms with E-state index in [2.05, 4.69) is 37.1 Å². The monoisotopic (exact) mass is 644 g/mol. The summed E-state index contributed by atoms with van der Waals surface area (Å²) < 4.78 is 44.2. The number of nitrogens with zero attached hydrogens (tertiary/aromatic N) is 5. The Hall–Kier alpha value is -5.10. The van der Waals surface area contributed by atoms with Gasteiger partial charge in [-0.15, -0.1) is 0 Å². The molecule has 2 aliphatic rings. The quantitative estimate of drug-likeness (QED) is 0.267. The van der Waals surface area contributed by atoms with Crippen molar-refractivity contribution in [3.8, 4) is 11.6 Å². The van der Waals surface area contributed by atoms with E-state index in [0.29, 0.717) is 23.9 Å².